The van der Waals surface area contributed by atoms with Gasteiger partial charge in [-0.15, -0.1) is 11.8 Å². The number of hydrogen-bond acceptors (Lipinski definition) is 8. The second-order valence-corrected chi connectivity index (χ2v) is 15.2. The molecular formula is C30H39ClF3N5O4S. The first-order chi connectivity index (χ1) is 20.6. The molecule has 0 saturated carbocycles. The molecule has 1 unspecified atom stereocenters. The third-order valence-electron chi connectivity index (χ3n) is 9.20. The topological polar surface area (TPSA) is 80.1 Å². The van der Waals surface area contributed by atoms with Crippen LogP contribution >= 0.6 is 23.4 Å². The lowest BCUT2D eigenvalue weighted by Gasteiger charge is -2.48. The van der Waals surface area contributed by atoms with Crippen molar-refractivity contribution in [2.24, 2.45) is 5.41 Å². The first-order valence-electron chi connectivity index (χ1n) is 15.1. The maximum Gasteiger partial charge on any atom is 0.417 e. The van der Waals surface area contributed by atoms with Gasteiger partial charge in [0.15, 0.2) is 0 Å². The summed E-state index contributed by atoms with van der Waals surface area (Å²) >= 11 is 7.72. The molecular weight excluding hydrogens is 619 g/mol. The van der Waals surface area contributed by atoms with Gasteiger partial charge in [0, 0.05) is 36.2 Å². The number of benzene rings is 1. The molecule has 1 amide bonds. The van der Waals surface area contributed by atoms with Gasteiger partial charge in [0.05, 0.1) is 52.3 Å². The average molecular weight is 658 g/mol. The van der Waals surface area contributed by atoms with E-state index in [1.165, 1.54) is 11.8 Å². The second-order valence-electron chi connectivity index (χ2n) is 13.8. The molecule has 3 fully saturated rings. The maximum absolute atomic E-state index is 14.3. The summed E-state index contributed by atoms with van der Waals surface area (Å²) in [5.41, 5.74) is -1.47. The number of aromatic nitrogens is 2. The Kier molecular flexibility index (Phi) is 8.11. The monoisotopic (exact) mass is 657 g/mol. The molecule has 1 spiro atoms. The Hall–Kier alpha value is -2.22. The SMILES string of the molecule is CC1CN(c2nc(=O)n3c4c(c(Cl)c(C(F)(F)F)cc24)SC[C@@H]3CN2CCC3(CC2)COC3)C[C@@H](C)N1C(=O)OC(C)(C)C. The summed E-state index contributed by atoms with van der Waals surface area (Å²) in [6.45, 7) is 13.6. The highest BCUT2D eigenvalue weighted by molar-refractivity contribution is 7.99. The summed E-state index contributed by atoms with van der Waals surface area (Å²) in [7, 11) is 0. The van der Waals surface area contributed by atoms with Crippen LogP contribution < -0.4 is 10.6 Å². The van der Waals surface area contributed by atoms with Gasteiger partial charge in [0.1, 0.15) is 11.4 Å². The average Bonchev–Trinajstić information content (AvgIpc) is 2.89. The van der Waals surface area contributed by atoms with Crippen molar-refractivity contribution in [3.8, 4) is 0 Å². The lowest BCUT2D eigenvalue weighted by molar-refractivity contribution is -0.140. The Bertz CT molecular complexity index is 1500. The van der Waals surface area contributed by atoms with Crippen molar-refractivity contribution >= 4 is 46.2 Å². The molecule has 0 radical (unpaired) electrons. The third-order valence-corrected chi connectivity index (χ3v) is 10.9. The molecule has 1 aromatic heterocycles. The number of ether oxygens (including phenoxy) is 2. The molecule has 0 bridgehead atoms. The predicted molar refractivity (Wildman–Crippen MR) is 164 cm³/mol. The number of likely N-dealkylation sites (tertiary alicyclic amines) is 1. The quantitative estimate of drug-likeness (QED) is 0.419. The number of thioether (sulfide) groups is 1. The van der Waals surface area contributed by atoms with Crippen LogP contribution in [0.2, 0.25) is 5.02 Å². The van der Waals surface area contributed by atoms with E-state index in [-0.39, 0.29) is 57.8 Å². The predicted octanol–water partition coefficient (Wildman–Crippen LogP) is 5.66. The zero-order valence-electron chi connectivity index (χ0n) is 25.7. The molecule has 242 valence electrons. The van der Waals surface area contributed by atoms with Crippen molar-refractivity contribution < 1.29 is 27.4 Å². The lowest BCUT2D eigenvalue weighted by atomic mass is 9.77. The molecule has 5 heterocycles. The van der Waals surface area contributed by atoms with Crippen LogP contribution in [0.15, 0.2) is 15.8 Å². The summed E-state index contributed by atoms with van der Waals surface area (Å²) in [4.78, 5) is 37.3. The number of carbonyl (C=O) groups excluding carboxylic acids is 1. The van der Waals surface area contributed by atoms with Crippen molar-refractivity contribution in [1.29, 1.82) is 0 Å². The zero-order valence-corrected chi connectivity index (χ0v) is 27.2. The minimum atomic E-state index is -4.69. The van der Waals surface area contributed by atoms with Gasteiger partial charge in [-0.05, 0) is 66.6 Å². The smallest absolute Gasteiger partial charge is 0.417 e. The molecule has 4 aliphatic rings. The molecule has 0 aliphatic carbocycles. The minimum Gasteiger partial charge on any atom is -0.444 e. The highest BCUT2D eigenvalue weighted by Gasteiger charge is 2.43. The molecule has 9 nitrogen and oxygen atoms in total. The Morgan fingerprint density at radius 1 is 1.16 bits per heavy atom. The number of hydrogen-bond donors (Lipinski definition) is 0. The second kappa shape index (κ2) is 11.2. The maximum atomic E-state index is 14.3. The summed E-state index contributed by atoms with van der Waals surface area (Å²) in [6, 6.07) is 0.0741. The first-order valence-corrected chi connectivity index (χ1v) is 16.5. The number of rotatable bonds is 3. The molecule has 2 aromatic rings. The van der Waals surface area contributed by atoms with Gasteiger partial charge < -0.3 is 19.3 Å². The number of anilines is 1. The number of carbonyl (C=O) groups is 1. The highest BCUT2D eigenvalue weighted by atomic mass is 35.5. The molecule has 4 aliphatic heterocycles. The molecule has 14 heteroatoms. The largest absolute Gasteiger partial charge is 0.444 e. The molecule has 1 aromatic carbocycles. The Labute approximate surface area is 264 Å². The van der Waals surface area contributed by atoms with Crippen LogP contribution in [0, 0.1) is 5.41 Å². The first kappa shape index (κ1) is 31.7. The van der Waals surface area contributed by atoms with E-state index < -0.39 is 29.1 Å². The normalized spacial score (nSPS) is 25.8. The van der Waals surface area contributed by atoms with Gasteiger partial charge in [-0.25, -0.2) is 9.59 Å². The van der Waals surface area contributed by atoms with E-state index in [2.05, 4.69) is 9.88 Å². The van der Waals surface area contributed by atoms with Crippen LogP contribution in [0.4, 0.5) is 23.8 Å². The van der Waals surface area contributed by atoms with E-state index in [9.17, 15) is 22.8 Å². The molecule has 3 saturated heterocycles. The van der Waals surface area contributed by atoms with E-state index >= 15 is 0 Å². The molecule has 3 atom stereocenters. The van der Waals surface area contributed by atoms with E-state index in [0.717, 1.165) is 45.2 Å². The summed E-state index contributed by atoms with van der Waals surface area (Å²) in [6.07, 6.45) is -3.10. The zero-order chi connectivity index (χ0) is 31.8. The van der Waals surface area contributed by atoms with Crippen LogP contribution in [0.1, 0.15) is 59.1 Å². The van der Waals surface area contributed by atoms with E-state index in [4.69, 9.17) is 21.1 Å². The van der Waals surface area contributed by atoms with Crippen molar-refractivity contribution in [3.05, 3.63) is 27.1 Å². The van der Waals surface area contributed by atoms with Gasteiger partial charge in [-0.2, -0.15) is 18.2 Å². The van der Waals surface area contributed by atoms with Crippen molar-refractivity contribution in [1.82, 2.24) is 19.4 Å². The van der Waals surface area contributed by atoms with Crippen molar-refractivity contribution in [2.45, 2.75) is 82.3 Å². The number of amides is 1. The van der Waals surface area contributed by atoms with Gasteiger partial charge in [0.25, 0.3) is 0 Å². The minimum absolute atomic E-state index is 0.179. The van der Waals surface area contributed by atoms with Crippen LogP contribution in [0.3, 0.4) is 0 Å². The van der Waals surface area contributed by atoms with Gasteiger partial charge in [-0.3, -0.25) is 9.47 Å². The number of nitrogens with zero attached hydrogens (tertiary/aromatic N) is 5. The van der Waals surface area contributed by atoms with E-state index in [0.29, 0.717) is 17.8 Å². The number of halogens is 4. The van der Waals surface area contributed by atoms with Gasteiger partial charge in [-0.1, -0.05) is 11.6 Å². The fourth-order valence-electron chi connectivity index (χ4n) is 7.00. The summed E-state index contributed by atoms with van der Waals surface area (Å²) < 4.78 is 55.5. The van der Waals surface area contributed by atoms with E-state index in [1.807, 2.05) is 18.7 Å². The molecule has 6 rings (SSSR count). The lowest BCUT2D eigenvalue weighted by Crippen LogP contribution is -2.60. The van der Waals surface area contributed by atoms with E-state index in [1.54, 1.807) is 30.2 Å². The van der Waals surface area contributed by atoms with Gasteiger partial charge >= 0.3 is 18.0 Å². The Morgan fingerprint density at radius 2 is 1.80 bits per heavy atom. The Morgan fingerprint density at radius 3 is 2.34 bits per heavy atom. The third kappa shape index (κ3) is 5.78. The van der Waals surface area contributed by atoms with Crippen molar-refractivity contribution in [2.75, 3.05) is 56.6 Å². The summed E-state index contributed by atoms with van der Waals surface area (Å²) in [5, 5.41) is -0.150. The number of piperidine rings is 1. The van der Waals surface area contributed by atoms with Crippen LogP contribution in [0.5, 0.6) is 0 Å². The number of alkyl halides is 3. The Balaban J connectivity index is 1.38. The number of piperazine rings is 1. The fourth-order valence-corrected chi connectivity index (χ4v) is 8.61. The summed E-state index contributed by atoms with van der Waals surface area (Å²) in [5.74, 6) is 0.593. The highest BCUT2D eigenvalue weighted by Crippen LogP contribution is 2.48. The van der Waals surface area contributed by atoms with Gasteiger partial charge in [0.2, 0.25) is 0 Å². The van der Waals surface area contributed by atoms with Crippen LogP contribution in [-0.4, -0.2) is 94.8 Å². The van der Waals surface area contributed by atoms with Crippen LogP contribution in [-0.2, 0) is 15.7 Å². The van der Waals surface area contributed by atoms with Crippen LogP contribution in [0.25, 0.3) is 10.9 Å². The van der Waals surface area contributed by atoms with Crippen molar-refractivity contribution in [3.63, 3.8) is 0 Å². The standard InChI is InChI=1S/C30H39ClF3N5O4S/c1-17-11-37(12-18(2)38(17)27(41)43-28(3,4)5)25-20-10-21(30(32,33)34)22(31)24-23(20)39(26(40)35-25)19(14-44-24)13-36-8-6-29(7-9-36)15-42-16-29/h10,17-19H,6-9,11-16H2,1-5H3/t17-,18?,19+/m1/s1. The molecule has 0 N–H and O–H groups in total. The molecule has 44 heavy (non-hydrogen) atoms. The fraction of sp³-hybridized carbons (Fsp3) is 0.700.